The lowest BCUT2D eigenvalue weighted by Gasteiger charge is -2.08. The highest BCUT2D eigenvalue weighted by Crippen LogP contribution is 2.28. The number of halogens is 4. The van der Waals surface area contributed by atoms with E-state index in [1.165, 1.54) is 6.20 Å². The third-order valence-corrected chi connectivity index (χ3v) is 1.94. The van der Waals surface area contributed by atoms with Gasteiger partial charge >= 0.3 is 6.18 Å². The molecule has 0 aromatic carbocycles. The van der Waals surface area contributed by atoms with Crippen molar-refractivity contribution in [1.29, 1.82) is 0 Å². The highest BCUT2D eigenvalue weighted by Gasteiger charge is 2.32. The summed E-state index contributed by atoms with van der Waals surface area (Å²) in [5.74, 6) is 0.0669. The average molecular weight is 210 g/mol. The van der Waals surface area contributed by atoms with Crippen LogP contribution in [-0.2, 0) is 12.1 Å². The molecule has 0 saturated carbocycles. The van der Waals surface area contributed by atoms with E-state index in [0.29, 0.717) is 11.1 Å². The molecule has 0 spiro atoms. The molecule has 1 aromatic heterocycles. The van der Waals surface area contributed by atoms with Crippen molar-refractivity contribution in [2.24, 2.45) is 0 Å². The highest BCUT2D eigenvalue weighted by molar-refractivity contribution is 6.17. The van der Waals surface area contributed by atoms with E-state index in [1.807, 2.05) is 0 Å². The summed E-state index contributed by atoms with van der Waals surface area (Å²) in [5, 5.41) is 0. The van der Waals surface area contributed by atoms with Crippen molar-refractivity contribution in [3.05, 3.63) is 29.1 Å². The number of alkyl halides is 4. The second kappa shape index (κ2) is 3.54. The number of pyridine rings is 1. The molecule has 0 saturated heterocycles. The van der Waals surface area contributed by atoms with Gasteiger partial charge in [0.2, 0.25) is 0 Å². The Hall–Kier alpha value is -0.770. The van der Waals surface area contributed by atoms with Crippen LogP contribution in [0.15, 0.2) is 12.3 Å². The van der Waals surface area contributed by atoms with Crippen molar-refractivity contribution in [3.8, 4) is 0 Å². The SMILES string of the molecule is Cc1cnc(C(F)(F)F)cc1CCl. The second-order valence-corrected chi connectivity index (χ2v) is 2.89. The standard InChI is InChI=1S/C8H7ClF3N/c1-5-4-13-7(8(10,11)12)2-6(5)3-9/h2,4H,3H2,1H3. The molecule has 13 heavy (non-hydrogen) atoms. The quantitative estimate of drug-likeness (QED) is 0.648. The number of rotatable bonds is 1. The van der Waals surface area contributed by atoms with E-state index in [1.54, 1.807) is 6.92 Å². The molecule has 5 heteroatoms. The van der Waals surface area contributed by atoms with Gasteiger partial charge in [0.05, 0.1) is 0 Å². The highest BCUT2D eigenvalue weighted by atomic mass is 35.5. The Morgan fingerprint density at radius 3 is 2.54 bits per heavy atom. The molecule has 1 aromatic rings. The third kappa shape index (κ3) is 2.34. The molecule has 0 radical (unpaired) electrons. The molecule has 1 heterocycles. The lowest BCUT2D eigenvalue weighted by Crippen LogP contribution is -2.08. The fourth-order valence-electron chi connectivity index (χ4n) is 0.864. The molecule has 0 amide bonds. The van der Waals surface area contributed by atoms with E-state index in [0.717, 1.165) is 6.07 Å². The third-order valence-electron chi connectivity index (χ3n) is 1.65. The van der Waals surface area contributed by atoms with Crippen molar-refractivity contribution in [3.63, 3.8) is 0 Å². The van der Waals surface area contributed by atoms with Crippen molar-refractivity contribution in [2.45, 2.75) is 19.0 Å². The predicted molar refractivity (Wildman–Crippen MR) is 43.5 cm³/mol. The largest absolute Gasteiger partial charge is 0.433 e. The van der Waals surface area contributed by atoms with Gasteiger partial charge in [0.15, 0.2) is 0 Å². The number of nitrogens with zero attached hydrogens (tertiary/aromatic N) is 1. The van der Waals surface area contributed by atoms with Crippen LogP contribution in [0, 0.1) is 6.92 Å². The minimum absolute atomic E-state index is 0.0669. The number of aromatic nitrogens is 1. The summed E-state index contributed by atoms with van der Waals surface area (Å²) in [7, 11) is 0. The average Bonchev–Trinajstić information content (AvgIpc) is 2.03. The van der Waals surface area contributed by atoms with Gasteiger partial charge in [-0.3, -0.25) is 4.98 Å². The summed E-state index contributed by atoms with van der Waals surface area (Å²) in [5.41, 5.74) is 0.237. The monoisotopic (exact) mass is 209 g/mol. The van der Waals surface area contributed by atoms with Gasteiger partial charge in [-0.2, -0.15) is 13.2 Å². The van der Waals surface area contributed by atoms with Gasteiger partial charge in [0.1, 0.15) is 5.69 Å². The molecule has 0 atom stereocenters. The lowest BCUT2D eigenvalue weighted by atomic mass is 10.1. The van der Waals surface area contributed by atoms with Crippen LogP contribution < -0.4 is 0 Å². The smallest absolute Gasteiger partial charge is 0.251 e. The maximum absolute atomic E-state index is 12.1. The summed E-state index contributed by atoms with van der Waals surface area (Å²) in [4.78, 5) is 3.27. The van der Waals surface area contributed by atoms with Crippen LogP contribution in [0.1, 0.15) is 16.8 Å². The Balaban J connectivity index is 3.14. The van der Waals surface area contributed by atoms with Crippen molar-refractivity contribution in [2.75, 3.05) is 0 Å². The Morgan fingerprint density at radius 2 is 2.08 bits per heavy atom. The summed E-state index contributed by atoms with van der Waals surface area (Å²) in [6.07, 6.45) is -3.21. The van der Waals surface area contributed by atoms with Gasteiger partial charge in [-0.05, 0) is 24.1 Å². The van der Waals surface area contributed by atoms with Gasteiger partial charge in [0, 0.05) is 12.1 Å². The van der Waals surface area contributed by atoms with Gasteiger partial charge in [0.25, 0.3) is 0 Å². The van der Waals surface area contributed by atoms with Gasteiger partial charge < -0.3 is 0 Å². The zero-order valence-electron chi connectivity index (χ0n) is 6.82. The predicted octanol–water partition coefficient (Wildman–Crippen LogP) is 3.15. The molecule has 0 aliphatic carbocycles. The zero-order valence-corrected chi connectivity index (χ0v) is 7.58. The Kier molecular flexibility index (Phi) is 2.81. The fraction of sp³-hybridized carbons (Fsp3) is 0.375. The van der Waals surface area contributed by atoms with E-state index in [2.05, 4.69) is 4.98 Å². The van der Waals surface area contributed by atoms with Crippen molar-refractivity contribution < 1.29 is 13.2 Å². The Labute approximate surface area is 78.5 Å². The van der Waals surface area contributed by atoms with Crippen molar-refractivity contribution in [1.82, 2.24) is 4.98 Å². The maximum Gasteiger partial charge on any atom is 0.433 e. The van der Waals surface area contributed by atoms with Gasteiger partial charge in [-0.1, -0.05) is 0 Å². The van der Waals surface area contributed by atoms with E-state index >= 15 is 0 Å². The summed E-state index contributed by atoms with van der Waals surface area (Å²) in [6, 6.07) is 0.975. The molecular formula is C8H7ClF3N. The first-order valence-electron chi connectivity index (χ1n) is 3.54. The number of aryl methyl sites for hydroxylation is 1. The molecule has 1 rings (SSSR count). The van der Waals surface area contributed by atoms with Crippen LogP contribution in [0.4, 0.5) is 13.2 Å². The molecule has 0 N–H and O–H groups in total. The summed E-state index contributed by atoms with van der Waals surface area (Å²) in [6.45, 7) is 1.67. The van der Waals surface area contributed by atoms with Gasteiger partial charge in [-0.25, -0.2) is 0 Å². The molecular weight excluding hydrogens is 203 g/mol. The first-order valence-corrected chi connectivity index (χ1v) is 4.07. The van der Waals surface area contributed by atoms with Crippen LogP contribution >= 0.6 is 11.6 Å². The first kappa shape index (κ1) is 10.3. The molecule has 72 valence electrons. The number of hydrogen-bond acceptors (Lipinski definition) is 1. The fourth-order valence-corrected chi connectivity index (χ4v) is 1.15. The first-order chi connectivity index (χ1) is 5.95. The van der Waals surface area contributed by atoms with Crippen LogP contribution in [0.5, 0.6) is 0 Å². The van der Waals surface area contributed by atoms with Crippen molar-refractivity contribution >= 4 is 11.6 Å². The van der Waals surface area contributed by atoms with E-state index in [-0.39, 0.29) is 5.88 Å². The van der Waals surface area contributed by atoms with E-state index in [4.69, 9.17) is 11.6 Å². The maximum atomic E-state index is 12.1. The molecule has 1 nitrogen and oxygen atoms in total. The summed E-state index contributed by atoms with van der Waals surface area (Å²) < 4.78 is 36.4. The minimum atomic E-state index is -4.39. The normalized spacial score (nSPS) is 11.8. The van der Waals surface area contributed by atoms with Crippen LogP contribution in [-0.4, -0.2) is 4.98 Å². The van der Waals surface area contributed by atoms with E-state index in [9.17, 15) is 13.2 Å². The molecule has 0 aliphatic rings. The number of hydrogen-bond donors (Lipinski definition) is 0. The van der Waals surface area contributed by atoms with Crippen LogP contribution in [0.3, 0.4) is 0 Å². The Morgan fingerprint density at radius 1 is 1.46 bits per heavy atom. The molecule has 0 bridgehead atoms. The molecule has 0 aliphatic heterocycles. The summed E-state index contributed by atoms with van der Waals surface area (Å²) >= 11 is 5.46. The van der Waals surface area contributed by atoms with Gasteiger partial charge in [-0.15, -0.1) is 11.6 Å². The minimum Gasteiger partial charge on any atom is -0.251 e. The van der Waals surface area contributed by atoms with E-state index < -0.39 is 11.9 Å². The second-order valence-electron chi connectivity index (χ2n) is 2.63. The molecule has 0 fully saturated rings. The molecule has 0 unspecified atom stereocenters. The lowest BCUT2D eigenvalue weighted by molar-refractivity contribution is -0.141. The van der Waals surface area contributed by atoms with Crippen LogP contribution in [0.2, 0.25) is 0 Å². The topological polar surface area (TPSA) is 12.9 Å². The zero-order chi connectivity index (χ0) is 10.1. The van der Waals surface area contributed by atoms with Crippen LogP contribution in [0.25, 0.3) is 0 Å². The Bertz CT molecular complexity index is 309.